The van der Waals surface area contributed by atoms with Crippen LogP contribution in [-0.4, -0.2) is 39.3 Å². The Bertz CT molecular complexity index is 532. The number of carbonyl (C=O) groups excluding carboxylic acids is 1. The first-order chi connectivity index (χ1) is 11.2. The number of piperidine rings is 1. The van der Waals surface area contributed by atoms with Crippen LogP contribution in [-0.2, 0) is 16.0 Å². The lowest BCUT2D eigenvalue weighted by molar-refractivity contribution is -0.136. The molecule has 2 aliphatic rings. The molecule has 23 heavy (non-hydrogen) atoms. The zero-order valence-corrected chi connectivity index (χ0v) is 14.1. The van der Waals surface area contributed by atoms with Gasteiger partial charge in [-0.05, 0) is 55.7 Å². The summed E-state index contributed by atoms with van der Waals surface area (Å²) in [5.41, 5.74) is 2.38. The van der Waals surface area contributed by atoms with E-state index in [1.54, 1.807) is 7.05 Å². The SMILES string of the molecule is CNC(=O)C1(Cc2cccc(C3CCCNC3)c2)CCOCC1. The zero-order chi connectivity index (χ0) is 16.1. The number of benzene rings is 1. The molecule has 126 valence electrons. The maximum absolute atomic E-state index is 12.5. The summed E-state index contributed by atoms with van der Waals surface area (Å²) in [4.78, 5) is 12.5. The molecule has 4 nitrogen and oxygen atoms in total. The molecule has 2 aliphatic heterocycles. The summed E-state index contributed by atoms with van der Waals surface area (Å²) in [6, 6.07) is 8.87. The fourth-order valence-electron chi connectivity index (χ4n) is 4.00. The van der Waals surface area contributed by atoms with E-state index in [0.717, 1.165) is 32.4 Å². The molecule has 1 aromatic rings. The fourth-order valence-corrected chi connectivity index (χ4v) is 4.00. The molecule has 0 spiro atoms. The van der Waals surface area contributed by atoms with Gasteiger partial charge in [-0.2, -0.15) is 0 Å². The van der Waals surface area contributed by atoms with Crippen molar-refractivity contribution in [2.75, 3.05) is 33.4 Å². The van der Waals surface area contributed by atoms with Gasteiger partial charge in [0.15, 0.2) is 0 Å². The smallest absolute Gasteiger partial charge is 0.226 e. The summed E-state index contributed by atoms with van der Waals surface area (Å²) >= 11 is 0. The van der Waals surface area contributed by atoms with Gasteiger partial charge in [-0.25, -0.2) is 0 Å². The first-order valence-electron chi connectivity index (χ1n) is 8.83. The summed E-state index contributed by atoms with van der Waals surface area (Å²) < 4.78 is 5.49. The Morgan fingerprint density at radius 2 is 2.22 bits per heavy atom. The van der Waals surface area contributed by atoms with Gasteiger partial charge in [-0.3, -0.25) is 4.79 Å². The number of amides is 1. The summed E-state index contributed by atoms with van der Waals surface area (Å²) in [7, 11) is 1.74. The van der Waals surface area contributed by atoms with Gasteiger partial charge >= 0.3 is 0 Å². The van der Waals surface area contributed by atoms with Crippen molar-refractivity contribution < 1.29 is 9.53 Å². The first-order valence-corrected chi connectivity index (χ1v) is 8.83. The number of ether oxygens (including phenoxy) is 1. The maximum atomic E-state index is 12.5. The molecule has 0 radical (unpaired) electrons. The van der Waals surface area contributed by atoms with E-state index in [1.165, 1.54) is 24.0 Å². The normalized spacial score (nSPS) is 24.1. The fraction of sp³-hybridized carbons (Fsp3) is 0.632. The first kappa shape index (κ1) is 16.5. The van der Waals surface area contributed by atoms with Crippen LogP contribution >= 0.6 is 0 Å². The molecule has 0 aromatic heterocycles. The zero-order valence-electron chi connectivity index (χ0n) is 14.1. The van der Waals surface area contributed by atoms with Gasteiger partial charge in [-0.15, -0.1) is 0 Å². The molecule has 0 bridgehead atoms. The number of rotatable bonds is 4. The predicted octanol–water partition coefficient (Wildman–Crippen LogP) is 2.24. The Kier molecular flexibility index (Phi) is 5.34. The van der Waals surface area contributed by atoms with Crippen LogP contribution in [0, 0.1) is 5.41 Å². The molecule has 1 atom stereocenters. The van der Waals surface area contributed by atoms with Gasteiger partial charge in [0.1, 0.15) is 0 Å². The van der Waals surface area contributed by atoms with Gasteiger partial charge in [0.05, 0.1) is 5.41 Å². The molecule has 2 fully saturated rings. The molecule has 1 unspecified atom stereocenters. The van der Waals surface area contributed by atoms with Crippen molar-refractivity contribution in [1.29, 1.82) is 0 Å². The average Bonchev–Trinajstić information content (AvgIpc) is 2.63. The van der Waals surface area contributed by atoms with Crippen molar-refractivity contribution in [3.05, 3.63) is 35.4 Å². The summed E-state index contributed by atoms with van der Waals surface area (Å²) in [6.07, 6.45) is 4.92. The average molecular weight is 316 g/mol. The minimum absolute atomic E-state index is 0.158. The second-order valence-electron chi connectivity index (χ2n) is 6.94. The Balaban J connectivity index is 1.78. The van der Waals surface area contributed by atoms with Crippen LogP contribution < -0.4 is 10.6 Å². The quantitative estimate of drug-likeness (QED) is 0.896. The lowest BCUT2D eigenvalue weighted by atomic mass is 9.74. The van der Waals surface area contributed by atoms with Gasteiger partial charge < -0.3 is 15.4 Å². The highest BCUT2D eigenvalue weighted by molar-refractivity contribution is 5.82. The van der Waals surface area contributed by atoms with Crippen LogP contribution in [0.25, 0.3) is 0 Å². The Hall–Kier alpha value is -1.39. The van der Waals surface area contributed by atoms with Crippen LogP contribution in [0.4, 0.5) is 0 Å². The summed E-state index contributed by atoms with van der Waals surface area (Å²) in [5, 5.41) is 6.36. The largest absolute Gasteiger partial charge is 0.381 e. The molecule has 3 rings (SSSR count). The maximum Gasteiger partial charge on any atom is 0.226 e. The van der Waals surface area contributed by atoms with Crippen molar-refractivity contribution in [2.45, 2.75) is 38.0 Å². The van der Waals surface area contributed by atoms with Crippen molar-refractivity contribution in [1.82, 2.24) is 10.6 Å². The van der Waals surface area contributed by atoms with E-state index >= 15 is 0 Å². The molecule has 0 saturated carbocycles. The third-order valence-corrected chi connectivity index (χ3v) is 5.42. The minimum atomic E-state index is -0.309. The molecule has 1 aromatic carbocycles. The third kappa shape index (κ3) is 3.75. The predicted molar refractivity (Wildman–Crippen MR) is 91.5 cm³/mol. The van der Waals surface area contributed by atoms with Crippen LogP contribution in [0.5, 0.6) is 0 Å². The molecule has 2 heterocycles. The van der Waals surface area contributed by atoms with Crippen molar-refractivity contribution in [3.63, 3.8) is 0 Å². The highest BCUT2D eigenvalue weighted by Gasteiger charge is 2.39. The Labute approximate surface area is 139 Å². The standard InChI is InChI=1S/C19H28N2O2/c1-20-18(22)19(7-10-23-11-8-19)13-15-4-2-5-16(12-15)17-6-3-9-21-14-17/h2,4-5,12,17,21H,3,6-11,13-14H2,1H3,(H,20,22). The van der Waals surface area contributed by atoms with E-state index < -0.39 is 0 Å². The molecule has 2 N–H and O–H groups in total. The second kappa shape index (κ2) is 7.45. The van der Waals surface area contributed by atoms with Crippen LogP contribution in [0.3, 0.4) is 0 Å². The highest BCUT2D eigenvalue weighted by atomic mass is 16.5. The van der Waals surface area contributed by atoms with E-state index in [1.807, 2.05) is 0 Å². The van der Waals surface area contributed by atoms with Gasteiger partial charge in [0, 0.05) is 26.8 Å². The molecular formula is C19H28N2O2. The van der Waals surface area contributed by atoms with Crippen molar-refractivity contribution in [3.8, 4) is 0 Å². The van der Waals surface area contributed by atoms with E-state index in [9.17, 15) is 4.79 Å². The molecule has 0 aliphatic carbocycles. The number of carbonyl (C=O) groups is 1. The Morgan fingerprint density at radius 3 is 2.91 bits per heavy atom. The van der Waals surface area contributed by atoms with Gasteiger partial charge in [0.2, 0.25) is 5.91 Å². The summed E-state index contributed by atoms with van der Waals surface area (Å²) in [6.45, 7) is 3.56. The molecule has 2 saturated heterocycles. The van der Waals surface area contributed by atoms with Crippen molar-refractivity contribution in [2.24, 2.45) is 5.41 Å². The number of hydrogen-bond donors (Lipinski definition) is 2. The highest BCUT2D eigenvalue weighted by Crippen LogP contribution is 2.35. The van der Waals surface area contributed by atoms with Crippen LogP contribution in [0.2, 0.25) is 0 Å². The van der Waals surface area contributed by atoms with E-state index in [0.29, 0.717) is 19.1 Å². The number of hydrogen-bond acceptors (Lipinski definition) is 3. The topological polar surface area (TPSA) is 50.4 Å². The molecular weight excluding hydrogens is 288 g/mol. The monoisotopic (exact) mass is 316 g/mol. The van der Waals surface area contributed by atoms with E-state index in [2.05, 4.69) is 34.9 Å². The second-order valence-corrected chi connectivity index (χ2v) is 6.94. The third-order valence-electron chi connectivity index (χ3n) is 5.42. The van der Waals surface area contributed by atoms with Crippen LogP contribution in [0.1, 0.15) is 42.7 Å². The van der Waals surface area contributed by atoms with Gasteiger partial charge in [-0.1, -0.05) is 24.3 Å². The van der Waals surface area contributed by atoms with E-state index in [-0.39, 0.29) is 11.3 Å². The lowest BCUT2D eigenvalue weighted by Gasteiger charge is -2.35. The molecule has 4 heteroatoms. The Morgan fingerprint density at radius 1 is 1.39 bits per heavy atom. The number of nitrogens with one attached hydrogen (secondary N) is 2. The van der Waals surface area contributed by atoms with E-state index in [4.69, 9.17) is 4.74 Å². The molecule has 1 amide bonds. The van der Waals surface area contributed by atoms with Crippen molar-refractivity contribution >= 4 is 5.91 Å². The summed E-state index contributed by atoms with van der Waals surface area (Å²) in [5.74, 6) is 0.764. The minimum Gasteiger partial charge on any atom is -0.381 e. The lowest BCUT2D eigenvalue weighted by Crippen LogP contribution is -2.44. The van der Waals surface area contributed by atoms with Crippen LogP contribution in [0.15, 0.2) is 24.3 Å². The van der Waals surface area contributed by atoms with Gasteiger partial charge in [0.25, 0.3) is 0 Å².